The standard InChI is InChI=1S/C14H21N3O2/c1-17(2)12-9-11(5-8-15-12)10-16-13(18)14(19)6-3-4-7-14/h5,8-9,19H,3-4,6-7,10H2,1-2H3,(H,16,18). The maximum absolute atomic E-state index is 12.0. The van der Waals surface area contributed by atoms with E-state index in [4.69, 9.17) is 0 Å². The molecule has 2 N–H and O–H groups in total. The van der Waals surface area contributed by atoms with Gasteiger partial charge in [-0.15, -0.1) is 0 Å². The molecule has 1 amide bonds. The summed E-state index contributed by atoms with van der Waals surface area (Å²) in [6.07, 6.45) is 4.70. The molecule has 0 aliphatic heterocycles. The van der Waals surface area contributed by atoms with Crippen LogP contribution in [0.15, 0.2) is 18.3 Å². The smallest absolute Gasteiger partial charge is 0.252 e. The average molecular weight is 263 g/mol. The molecule has 104 valence electrons. The van der Waals surface area contributed by atoms with Crippen LogP contribution in [0.2, 0.25) is 0 Å². The zero-order chi connectivity index (χ0) is 13.9. The highest BCUT2D eigenvalue weighted by molar-refractivity contribution is 5.85. The molecule has 1 fully saturated rings. The molecule has 0 radical (unpaired) electrons. The molecule has 1 heterocycles. The highest BCUT2D eigenvalue weighted by atomic mass is 16.3. The molecule has 1 aromatic rings. The summed E-state index contributed by atoms with van der Waals surface area (Å²) in [5.74, 6) is 0.597. The Labute approximate surface area is 113 Å². The molecule has 5 heteroatoms. The molecule has 0 aromatic carbocycles. The van der Waals surface area contributed by atoms with Crippen LogP contribution < -0.4 is 10.2 Å². The Morgan fingerprint density at radius 2 is 2.16 bits per heavy atom. The van der Waals surface area contributed by atoms with Crippen molar-refractivity contribution in [3.63, 3.8) is 0 Å². The van der Waals surface area contributed by atoms with Gasteiger partial charge in [0.25, 0.3) is 5.91 Å². The lowest BCUT2D eigenvalue weighted by Crippen LogP contribution is -2.44. The van der Waals surface area contributed by atoms with E-state index in [1.165, 1.54) is 0 Å². The SMILES string of the molecule is CN(C)c1cc(CNC(=O)C2(O)CCCC2)ccn1. The lowest BCUT2D eigenvalue weighted by Gasteiger charge is -2.21. The normalized spacial score (nSPS) is 17.2. The minimum Gasteiger partial charge on any atom is -0.380 e. The van der Waals surface area contributed by atoms with Crippen molar-refractivity contribution in [3.05, 3.63) is 23.9 Å². The quantitative estimate of drug-likeness (QED) is 0.853. The fraction of sp³-hybridized carbons (Fsp3) is 0.571. The highest BCUT2D eigenvalue weighted by Crippen LogP contribution is 2.29. The Morgan fingerprint density at radius 1 is 1.47 bits per heavy atom. The van der Waals surface area contributed by atoms with Crippen molar-refractivity contribution < 1.29 is 9.90 Å². The molecule has 2 rings (SSSR count). The van der Waals surface area contributed by atoms with E-state index in [2.05, 4.69) is 10.3 Å². The molecular formula is C14H21N3O2. The number of hydrogen-bond donors (Lipinski definition) is 2. The third kappa shape index (κ3) is 3.23. The number of nitrogens with zero attached hydrogens (tertiary/aromatic N) is 2. The van der Waals surface area contributed by atoms with E-state index in [0.29, 0.717) is 19.4 Å². The Bertz CT molecular complexity index is 454. The predicted molar refractivity (Wildman–Crippen MR) is 73.8 cm³/mol. The molecule has 1 aromatic heterocycles. The monoisotopic (exact) mass is 263 g/mol. The van der Waals surface area contributed by atoms with E-state index < -0.39 is 5.60 Å². The molecule has 0 bridgehead atoms. The first-order valence-corrected chi connectivity index (χ1v) is 6.64. The van der Waals surface area contributed by atoms with E-state index >= 15 is 0 Å². The minimum absolute atomic E-state index is 0.256. The minimum atomic E-state index is -1.16. The van der Waals surface area contributed by atoms with E-state index in [1.54, 1.807) is 6.20 Å². The average Bonchev–Trinajstić information content (AvgIpc) is 2.84. The number of pyridine rings is 1. The number of carbonyl (C=O) groups is 1. The maximum atomic E-state index is 12.0. The van der Waals surface area contributed by atoms with Crippen molar-refractivity contribution in [3.8, 4) is 0 Å². The lowest BCUT2D eigenvalue weighted by atomic mass is 10.0. The van der Waals surface area contributed by atoms with Crippen LogP contribution in [0.1, 0.15) is 31.2 Å². The summed E-state index contributed by atoms with van der Waals surface area (Å²) < 4.78 is 0. The third-order valence-electron chi connectivity index (χ3n) is 3.57. The van der Waals surface area contributed by atoms with Crippen LogP contribution in [-0.4, -0.2) is 35.7 Å². The molecule has 0 saturated heterocycles. The maximum Gasteiger partial charge on any atom is 0.252 e. The Balaban J connectivity index is 1.95. The van der Waals surface area contributed by atoms with E-state index in [1.807, 2.05) is 31.1 Å². The van der Waals surface area contributed by atoms with Gasteiger partial charge in [-0.2, -0.15) is 0 Å². The van der Waals surface area contributed by atoms with Gasteiger partial charge in [0.05, 0.1) is 0 Å². The van der Waals surface area contributed by atoms with Crippen LogP contribution >= 0.6 is 0 Å². The number of amides is 1. The molecule has 1 aliphatic rings. The van der Waals surface area contributed by atoms with Crippen LogP contribution in [0.3, 0.4) is 0 Å². The van der Waals surface area contributed by atoms with Crippen LogP contribution in [0, 0.1) is 0 Å². The first-order chi connectivity index (χ1) is 9.01. The molecule has 1 saturated carbocycles. The zero-order valence-corrected chi connectivity index (χ0v) is 11.5. The summed E-state index contributed by atoms with van der Waals surface area (Å²) in [6.45, 7) is 0.421. The summed E-state index contributed by atoms with van der Waals surface area (Å²) in [7, 11) is 3.85. The molecular weight excluding hydrogens is 242 g/mol. The number of aromatic nitrogens is 1. The van der Waals surface area contributed by atoms with Gasteiger partial charge in [0.15, 0.2) is 0 Å². The Morgan fingerprint density at radius 3 is 2.79 bits per heavy atom. The van der Waals surface area contributed by atoms with Gasteiger partial charge in [0.1, 0.15) is 11.4 Å². The van der Waals surface area contributed by atoms with Crippen molar-refractivity contribution in [2.75, 3.05) is 19.0 Å². The first kappa shape index (κ1) is 13.8. The van der Waals surface area contributed by atoms with Gasteiger partial charge in [0, 0.05) is 26.8 Å². The second-order valence-electron chi connectivity index (χ2n) is 5.34. The van der Waals surface area contributed by atoms with Crippen LogP contribution in [0.25, 0.3) is 0 Å². The molecule has 0 unspecified atom stereocenters. The molecule has 0 spiro atoms. The number of nitrogens with one attached hydrogen (secondary N) is 1. The van der Waals surface area contributed by atoms with Crippen LogP contribution in [-0.2, 0) is 11.3 Å². The first-order valence-electron chi connectivity index (χ1n) is 6.64. The van der Waals surface area contributed by atoms with Crippen molar-refractivity contribution >= 4 is 11.7 Å². The topological polar surface area (TPSA) is 65.5 Å². The molecule has 0 atom stereocenters. The lowest BCUT2D eigenvalue weighted by molar-refractivity contribution is -0.139. The second kappa shape index (κ2) is 5.57. The second-order valence-corrected chi connectivity index (χ2v) is 5.34. The summed E-state index contributed by atoms with van der Waals surface area (Å²) in [5, 5.41) is 13.0. The third-order valence-corrected chi connectivity index (χ3v) is 3.57. The fourth-order valence-electron chi connectivity index (χ4n) is 2.35. The van der Waals surface area contributed by atoms with Gasteiger partial charge in [-0.1, -0.05) is 0 Å². The van der Waals surface area contributed by atoms with Crippen molar-refractivity contribution in [2.24, 2.45) is 0 Å². The predicted octanol–water partition coefficient (Wildman–Crippen LogP) is 1.07. The summed E-state index contributed by atoms with van der Waals surface area (Å²) in [5.41, 5.74) is -0.175. The van der Waals surface area contributed by atoms with E-state index in [9.17, 15) is 9.90 Å². The van der Waals surface area contributed by atoms with Gasteiger partial charge < -0.3 is 15.3 Å². The molecule has 1 aliphatic carbocycles. The number of hydrogen-bond acceptors (Lipinski definition) is 4. The Kier molecular flexibility index (Phi) is 4.04. The molecule has 5 nitrogen and oxygen atoms in total. The van der Waals surface area contributed by atoms with Crippen molar-refractivity contribution in [1.29, 1.82) is 0 Å². The van der Waals surface area contributed by atoms with Gasteiger partial charge >= 0.3 is 0 Å². The Hall–Kier alpha value is -1.62. The molecule has 19 heavy (non-hydrogen) atoms. The summed E-state index contributed by atoms with van der Waals surface area (Å²) in [6, 6.07) is 3.80. The van der Waals surface area contributed by atoms with Crippen molar-refractivity contribution in [1.82, 2.24) is 10.3 Å². The zero-order valence-electron chi connectivity index (χ0n) is 11.5. The summed E-state index contributed by atoms with van der Waals surface area (Å²) in [4.78, 5) is 18.1. The van der Waals surface area contributed by atoms with Gasteiger partial charge in [-0.3, -0.25) is 4.79 Å². The van der Waals surface area contributed by atoms with Crippen LogP contribution in [0.4, 0.5) is 5.82 Å². The van der Waals surface area contributed by atoms with E-state index in [0.717, 1.165) is 24.2 Å². The number of anilines is 1. The van der Waals surface area contributed by atoms with E-state index in [-0.39, 0.29) is 5.91 Å². The number of rotatable bonds is 4. The summed E-state index contributed by atoms with van der Waals surface area (Å²) >= 11 is 0. The fourth-order valence-corrected chi connectivity index (χ4v) is 2.35. The van der Waals surface area contributed by atoms with Gasteiger partial charge in [-0.25, -0.2) is 4.98 Å². The van der Waals surface area contributed by atoms with Crippen LogP contribution in [0.5, 0.6) is 0 Å². The highest BCUT2D eigenvalue weighted by Gasteiger charge is 2.38. The number of aliphatic hydroxyl groups is 1. The number of carbonyl (C=O) groups excluding carboxylic acids is 1. The van der Waals surface area contributed by atoms with Crippen molar-refractivity contribution in [2.45, 2.75) is 37.8 Å². The largest absolute Gasteiger partial charge is 0.380 e. The van der Waals surface area contributed by atoms with Gasteiger partial charge in [-0.05, 0) is 43.4 Å². The van der Waals surface area contributed by atoms with Gasteiger partial charge in [0.2, 0.25) is 0 Å².